The van der Waals surface area contributed by atoms with Crippen LogP contribution in [-0.2, 0) is 0 Å². The van der Waals surface area contributed by atoms with Gasteiger partial charge in [0.2, 0.25) is 0 Å². The Kier molecular flexibility index (Phi) is 6.97. The fraction of sp³-hybridized carbons (Fsp3) is 0. The summed E-state index contributed by atoms with van der Waals surface area (Å²) in [7, 11) is 0. The maximum Gasteiger partial charge on any atom is -0.00201 e. The van der Waals surface area contributed by atoms with Crippen molar-refractivity contribution in [2.45, 2.75) is 0 Å². The average molecular weight is 683 g/mol. The minimum Gasteiger partial charge on any atom is -0.0616 e. The van der Waals surface area contributed by atoms with Crippen molar-refractivity contribution >= 4 is 64.6 Å². The lowest BCUT2D eigenvalue weighted by Gasteiger charge is -2.20. The molecule has 0 aliphatic rings. The third-order valence-corrected chi connectivity index (χ3v) is 11.4. The van der Waals surface area contributed by atoms with Crippen LogP contribution in [0.5, 0.6) is 0 Å². The van der Waals surface area contributed by atoms with Crippen LogP contribution in [0.2, 0.25) is 0 Å². The Hall–Kier alpha value is -7.02. The molecular weight excluding hydrogens is 649 g/mol. The van der Waals surface area contributed by atoms with Gasteiger partial charge in [-0.25, -0.2) is 0 Å². The fourth-order valence-corrected chi connectivity index (χ4v) is 8.98. The van der Waals surface area contributed by atoms with Gasteiger partial charge in [-0.05, 0) is 121 Å². The van der Waals surface area contributed by atoms with Crippen molar-refractivity contribution in [3.8, 4) is 44.5 Å². The van der Waals surface area contributed by atoms with Gasteiger partial charge in [0.1, 0.15) is 0 Å². The van der Waals surface area contributed by atoms with Crippen molar-refractivity contribution in [2.75, 3.05) is 0 Å². The molecule has 0 N–H and O–H groups in total. The largest absolute Gasteiger partial charge is 0.0616 e. The van der Waals surface area contributed by atoms with Crippen molar-refractivity contribution in [2.24, 2.45) is 0 Å². The van der Waals surface area contributed by atoms with Gasteiger partial charge in [-0.3, -0.25) is 0 Å². The van der Waals surface area contributed by atoms with Crippen LogP contribution in [0.15, 0.2) is 206 Å². The molecule has 0 aromatic heterocycles. The summed E-state index contributed by atoms with van der Waals surface area (Å²) >= 11 is 0. The third-order valence-electron chi connectivity index (χ3n) is 11.4. The molecule has 0 fully saturated rings. The molecule has 0 bridgehead atoms. The molecule has 0 nitrogen and oxygen atoms in total. The van der Waals surface area contributed by atoms with Crippen molar-refractivity contribution in [3.63, 3.8) is 0 Å². The van der Waals surface area contributed by atoms with Crippen LogP contribution in [0.25, 0.3) is 109 Å². The summed E-state index contributed by atoms with van der Waals surface area (Å²) in [5, 5.41) is 15.1. The van der Waals surface area contributed by atoms with E-state index in [2.05, 4.69) is 206 Å². The number of rotatable bonds is 4. The molecule has 0 aliphatic heterocycles. The molecule has 0 heterocycles. The highest BCUT2D eigenvalue weighted by Gasteiger charge is 2.20. The van der Waals surface area contributed by atoms with Gasteiger partial charge in [-0.15, -0.1) is 0 Å². The van der Waals surface area contributed by atoms with E-state index < -0.39 is 0 Å². The summed E-state index contributed by atoms with van der Waals surface area (Å²) in [5.74, 6) is 0. The molecule has 11 aromatic rings. The van der Waals surface area contributed by atoms with E-state index in [0.29, 0.717) is 0 Å². The maximum absolute atomic E-state index is 2.33. The van der Waals surface area contributed by atoms with Crippen molar-refractivity contribution in [1.82, 2.24) is 0 Å². The molecule has 0 heteroatoms. The molecule has 0 atom stereocenters. The van der Waals surface area contributed by atoms with Gasteiger partial charge >= 0.3 is 0 Å². The first-order chi connectivity index (χ1) is 26.8. The highest BCUT2D eigenvalue weighted by Crippen LogP contribution is 2.48. The van der Waals surface area contributed by atoms with E-state index in [1.54, 1.807) is 0 Å². The lowest BCUT2D eigenvalue weighted by molar-refractivity contribution is 1.66. The van der Waals surface area contributed by atoms with Crippen LogP contribution < -0.4 is 0 Å². The van der Waals surface area contributed by atoms with Gasteiger partial charge in [-0.1, -0.05) is 194 Å². The standard InChI is InChI=1S/C54H34/c1-3-15-37-33-39(31-29-35(37)13-1)41-21-9-25-45-43(41)23-11-27-47(45)53-49-17-5-7-19-51(49)54(52-20-8-6-18-50(52)53)48-28-12-24-44-42(22-10-26-46(44)48)40-32-30-36-14-2-4-16-38(36)34-40/h1-34H. The van der Waals surface area contributed by atoms with E-state index in [1.165, 1.54) is 109 Å². The zero-order valence-corrected chi connectivity index (χ0v) is 29.6. The average Bonchev–Trinajstić information content (AvgIpc) is 3.24. The first-order valence-electron chi connectivity index (χ1n) is 18.8. The molecule has 11 aromatic carbocycles. The SMILES string of the molecule is c1ccc2cc(-c3cccc4c(-c5c6ccccc6c(-c6cccc7c(-c8ccc9ccccc9c8)cccc67)c6ccccc56)cccc34)ccc2c1. The predicted octanol–water partition coefficient (Wildman–Crippen LogP) is 15.3. The second kappa shape index (κ2) is 12.3. The Morgan fingerprint density at radius 2 is 0.481 bits per heavy atom. The van der Waals surface area contributed by atoms with Crippen LogP contribution in [0.1, 0.15) is 0 Å². The molecule has 250 valence electrons. The third kappa shape index (κ3) is 4.78. The van der Waals surface area contributed by atoms with Crippen LogP contribution in [0.4, 0.5) is 0 Å². The summed E-state index contributed by atoms with van der Waals surface area (Å²) in [6.07, 6.45) is 0. The Bertz CT molecular complexity index is 3000. The quantitative estimate of drug-likeness (QED) is 0.162. The lowest BCUT2D eigenvalue weighted by Crippen LogP contribution is -1.93. The Balaban J connectivity index is 1.16. The fourth-order valence-electron chi connectivity index (χ4n) is 8.98. The molecule has 0 saturated heterocycles. The highest BCUT2D eigenvalue weighted by molar-refractivity contribution is 6.26. The van der Waals surface area contributed by atoms with E-state index in [4.69, 9.17) is 0 Å². The van der Waals surface area contributed by atoms with Gasteiger partial charge in [0.25, 0.3) is 0 Å². The van der Waals surface area contributed by atoms with E-state index in [1.807, 2.05) is 0 Å². The van der Waals surface area contributed by atoms with Gasteiger partial charge in [0, 0.05) is 0 Å². The van der Waals surface area contributed by atoms with Gasteiger partial charge < -0.3 is 0 Å². The minimum atomic E-state index is 1.24. The normalized spacial score (nSPS) is 11.7. The van der Waals surface area contributed by atoms with Crippen molar-refractivity contribution in [3.05, 3.63) is 206 Å². The van der Waals surface area contributed by atoms with E-state index in [0.717, 1.165) is 0 Å². The van der Waals surface area contributed by atoms with Crippen LogP contribution in [0.3, 0.4) is 0 Å². The number of hydrogen-bond donors (Lipinski definition) is 0. The molecule has 11 rings (SSSR count). The molecular formula is C54H34. The number of fused-ring (bicyclic) bond motifs is 6. The smallest absolute Gasteiger partial charge is 0.00201 e. The Morgan fingerprint density at radius 3 is 0.870 bits per heavy atom. The second-order valence-electron chi connectivity index (χ2n) is 14.4. The summed E-state index contributed by atoms with van der Waals surface area (Å²) < 4.78 is 0. The zero-order valence-electron chi connectivity index (χ0n) is 29.6. The maximum atomic E-state index is 2.33. The van der Waals surface area contributed by atoms with Crippen molar-refractivity contribution in [1.29, 1.82) is 0 Å². The monoisotopic (exact) mass is 682 g/mol. The summed E-state index contributed by atoms with van der Waals surface area (Å²) in [4.78, 5) is 0. The minimum absolute atomic E-state index is 1.24. The van der Waals surface area contributed by atoms with Gasteiger partial charge in [0.05, 0.1) is 0 Å². The molecule has 0 aliphatic carbocycles. The van der Waals surface area contributed by atoms with Crippen LogP contribution in [0, 0.1) is 0 Å². The van der Waals surface area contributed by atoms with Crippen LogP contribution >= 0.6 is 0 Å². The first-order valence-corrected chi connectivity index (χ1v) is 18.8. The molecule has 0 spiro atoms. The van der Waals surface area contributed by atoms with E-state index in [-0.39, 0.29) is 0 Å². The number of benzene rings is 11. The summed E-state index contributed by atoms with van der Waals surface area (Å²) in [6.45, 7) is 0. The van der Waals surface area contributed by atoms with Crippen LogP contribution in [-0.4, -0.2) is 0 Å². The lowest BCUT2D eigenvalue weighted by atomic mass is 9.83. The molecule has 0 radical (unpaired) electrons. The Labute approximate surface area is 314 Å². The second-order valence-corrected chi connectivity index (χ2v) is 14.4. The van der Waals surface area contributed by atoms with Gasteiger partial charge in [0.15, 0.2) is 0 Å². The zero-order chi connectivity index (χ0) is 35.6. The number of hydrogen-bond acceptors (Lipinski definition) is 0. The van der Waals surface area contributed by atoms with Gasteiger partial charge in [-0.2, -0.15) is 0 Å². The summed E-state index contributed by atoms with van der Waals surface area (Å²) in [5.41, 5.74) is 10.1. The topological polar surface area (TPSA) is 0 Å². The van der Waals surface area contributed by atoms with Crippen molar-refractivity contribution < 1.29 is 0 Å². The van der Waals surface area contributed by atoms with E-state index >= 15 is 0 Å². The predicted molar refractivity (Wildman–Crippen MR) is 233 cm³/mol. The molecule has 54 heavy (non-hydrogen) atoms. The van der Waals surface area contributed by atoms with E-state index in [9.17, 15) is 0 Å². The molecule has 0 saturated carbocycles. The highest BCUT2D eigenvalue weighted by atomic mass is 14.2. The molecule has 0 unspecified atom stereocenters. The first kappa shape index (κ1) is 30.6. The molecule has 0 amide bonds. The Morgan fingerprint density at radius 1 is 0.185 bits per heavy atom. The summed E-state index contributed by atoms with van der Waals surface area (Å²) in [6, 6.07) is 76.2.